The van der Waals surface area contributed by atoms with Gasteiger partial charge in [-0.3, -0.25) is 14.6 Å². The van der Waals surface area contributed by atoms with Gasteiger partial charge in [0.2, 0.25) is 5.91 Å². The average Bonchev–Trinajstić information content (AvgIpc) is 2.78. The van der Waals surface area contributed by atoms with Gasteiger partial charge in [-0.05, 0) is 61.2 Å². The zero-order chi connectivity index (χ0) is 22.1. The molecule has 0 aliphatic carbocycles. The number of carbonyl (C=O) groups is 2. The molecule has 0 saturated carbocycles. The van der Waals surface area contributed by atoms with E-state index >= 15 is 0 Å². The van der Waals surface area contributed by atoms with Crippen molar-refractivity contribution in [3.05, 3.63) is 78.1 Å². The predicted octanol–water partition coefficient (Wildman–Crippen LogP) is 4.57. The van der Waals surface area contributed by atoms with Crippen molar-refractivity contribution in [2.24, 2.45) is 0 Å². The van der Waals surface area contributed by atoms with Crippen LogP contribution >= 0.6 is 0 Å². The quantitative estimate of drug-likeness (QED) is 0.352. The Balaban J connectivity index is 1.37. The van der Waals surface area contributed by atoms with Gasteiger partial charge < -0.3 is 16.4 Å². The number of anilines is 2. The number of rotatable bonds is 9. The van der Waals surface area contributed by atoms with Crippen molar-refractivity contribution >= 4 is 23.2 Å². The van der Waals surface area contributed by atoms with E-state index in [1.807, 2.05) is 55.6 Å². The Hall–Kier alpha value is -3.67. The molecule has 6 heteroatoms. The van der Waals surface area contributed by atoms with E-state index in [1.165, 1.54) is 0 Å². The second kappa shape index (κ2) is 10.9. The van der Waals surface area contributed by atoms with Gasteiger partial charge in [0, 0.05) is 36.5 Å². The number of nitrogens with zero attached hydrogens (tertiary/aromatic N) is 1. The molecule has 0 radical (unpaired) electrons. The van der Waals surface area contributed by atoms with Gasteiger partial charge in [0.05, 0.1) is 11.4 Å². The van der Waals surface area contributed by atoms with Crippen LogP contribution in [0.15, 0.2) is 67.0 Å². The molecule has 3 aromatic rings. The smallest absolute Gasteiger partial charge is 0.251 e. The SMILES string of the molecule is Cc1cc(C(=O)NCCCCCC(=O)Nc2ccccc2N)ccc1-c1cccnc1. The van der Waals surface area contributed by atoms with Crippen molar-refractivity contribution in [3.63, 3.8) is 0 Å². The number of nitrogens with two attached hydrogens (primary N) is 1. The lowest BCUT2D eigenvalue weighted by atomic mass is 9.99. The lowest BCUT2D eigenvalue weighted by Crippen LogP contribution is -2.24. The van der Waals surface area contributed by atoms with Crippen LogP contribution in [0.2, 0.25) is 0 Å². The third-order valence-corrected chi connectivity index (χ3v) is 5.06. The topological polar surface area (TPSA) is 97.1 Å². The average molecular weight is 417 g/mol. The molecular weight excluding hydrogens is 388 g/mol. The molecule has 1 aromatic heterocycles. The predicted molar refractivity (Wildman–Crippen MR) is 125 cm³/mol. The molecule has 3 rings (SSSR count). The standard InChI is InChI=1S/C25H28N4O2/c1-18-16-19(12-13-21(18)20-8-7-14-27-17-20)25(31)28-15-6-2-3-11-24(30)29-23-10-5-4-9-22(23)26/h4-5,7-10,12-14,16-17H,2-3,6,11,15,26H2,1H3,(H,28,31)(H,29,30). The highest BCUT2D eigenvalue weighted by molar-refractivity contribution is 5.95. The van der Waals surface area contributed by atoms with E-state index in [2.05, 4.69) is 15.6 Å². The largest absolute Gasteiger partial charge is 0.397 e. The van der Waals surface area contributed by atoms with Crippen molar-refractivity contribution in [1.82, 2.24) is 10.3 Å². The summed E-state index contributed by atoms with van der Waals surface area (Å²) in [4.78, 5) is 28.6. The van der Waals surface area contributed by atoms with Crippen LogP contribution in [0, 0.1) is 6.92 Å². The summed E-state index contributed by atoms with van der Waals surface area (Å²) in [6.45, 7) is 2.57. The number of unbranched alkanes of at least 4 members (excludes halogenated alkanes) is 2. The first-order valence-electron chi connectivity index (χ1n) is 10.5. The molecule has 160 valence electrons. The maximum absolute atomic E-state index is 12.4. The minimum absolute atomic E-state index is 0.0499. The molecule has 0 unspecified atom stereocenters. The molecular formula is C25H28N4O2. The summed E-state index contributed by atoms with van der Waals surface area (Å²) in [7, 11) is 0. The zero-order valence-corrected chi connectivity index (χ0v) is 17.7. The highest BCUT2D eigenvalue weighted by atomic mass is 16.2. The normalized spacial score (nSPS) is 10.5. The van der Waals surface area contributed by atoms with E-state index < -0.39 is 0 Å². The zero-order valence-electron chi connectivity index (χ0n) is 17.7. The summed E-state index contributed by atoms with van der Waals surface area (Å²) in [6, 6.07) is 16.8. The van der Waals surface area contributed by atoms with Gasteiger partial charge in [-0.2, -0.15) is 0 Å². The van der Waals surface area contributed by atoms with Gasteiger partial charge in [-0.1, -0.05) is 30.7 Å². The van der Waals surface area contributed by atoms with Crippen LogP contribution in [0.1, 0.15) is 41.6 Å². The number of amides is 2. The van der Waals surface area contributed by atoms with Gasteiger partial charge in [-0.15, -0.1) is 0 Å². The summed E-state index contributed by atoms with van der Waals surface area (Å²) in [5.74, 6) is -0.135. The van der Waals surface area contributed by atoms with Crippen LogP contribution in [0.5, 0.6) is 0 Å². The second-order valence-corrected chi connectivity index (χ2v) is 7.47. The van der Waals surface area contributed by atoms with Crippen LogP contribution in [0.3, 0.4) is 0 Å². The number of aromatic nitrogens is 1. The first-order chi connectivity index (χ1) is 15.0. The fourth-order valence-electron chi connectivity index (χ4n) is 3.37. The van der Waals surface area contributed by atoms with Gasteiger partial charge >= 0.3 is 0 Å². The summed E-state index contributed by atoms with van der Waals surface area (Å²) >= 11 is 0. The Labute approximate surface area is 182 Å². The molecule has 2 amide bonds. The van der Waals surface area contributed by atoms with E-state index in [-0.39, 0.29) is 11.8 Å². The number of pyridine rings is 1. The summed E-state index contributed by atoms with van der Waals surface area (Å²) in [5.41, 5.74) is 10.8. The minimum Gasteiger partial charge on any atom is -0.397 e. The fourth-order valence-corrected chi connectivity index (χ4v) is 3.37. The Morgan fingerprint density at radius 1 is 1.00 bits per heavy atom. The molecule has 31 heavy (non-hydrogen) atoms. The molecule has 0 saturated heterocycles. The van der Waals surface area contributed by atoms with Crippen LogP contribution < -0.4 is 16.4 Å². The minimum atomic E-state index is -0.0851. The van der Waals surface area contributed by atoms with E-state index in [4.69, 9.17) is 5.73 Å². The van der Waals surface area contributed by atoms with Gasteiger partial charge in [0.15, 0.2) is 0 Å². The number of carbonyl (C=O) groups excluding carboxylic acids is 2. The molecule has 6 nitrogen and oxygen atoms in total. The molecule has 0 fully saturated rings. The van der Waals surface area contributed by atoms with Crippen LogP contribution in [0.4, 0.5) is 11.4 Å². The Bertz CT molecular complexity index is 1030. The third-order valence-electron chi connectivity index (χ3n) is 5.06. The maximum atomic E-state index is 12.4. The molecule has 1 heterocycles. The number of hydrogen-bond donors (Lipinski definition) is 3. The monoisotopic (exact) mass is 416 g/mol. The van der Waals surface area contributed by atoms with E-state index in [9.17, 15) is 9.59 Å². The van der Waals surface area contributed by atoms with E-state index in [0.717, 1.165) is 36.0 Å². The van der Waals surface area contributed by atoms with Gasteiger partial charge in [0.25, 0.3) is 5.91 Å². The molecule has 0 atom stereocenters. The second-order valence-electron chi connectivity index (χ2n) is 7.47. The summed E-state index contributed by atoms with van der Waals surface area (Å²) < 4.78 is 0. The Kier molecular flexibility index (Phi) is 7.76. The number of para-hydroxylation sites is 2. The summed E-state index contributed by atoms with van der Waals surface area (Å²) in [6.07, 6.45) is 6.42. The third kappa shape index (κ3) is 6.40. The molecule has 4 N–H and O–H groups in total. The highest BCUT2D eigenvalue weighted by Gasteiger charge is 2.09. The maximum Gasteiger partial charge on any atom is 0.251 e. The van der Waals surface area contributed by atoms with Crippen molar-refractivity contribution in [2.45, 2.75) is 32.6 Å². The number of benzene rings is 2. The first kappa shape index (κ1) is 22.0. The molecule has 2 aromatic carbocycles. The van der Waals surface area contributed by atoms with E-state index in [0.29, 0.717) is 29.9 Å². The van der Waals surface area contributed by atoms with Crippen LogP contribution in [-0.4, -0.2) is 23.3 Å². The molecule has 0 bridgehead atoms. The first-order valence-corrected chi connectivity index (χ1v) is 10.5. The lowest BCUT2D eigenvalue weighted by molar-refractivity contribution is -0.116. The van der Waals surface area contributed by atoms with Crippen molar-refractivity contribution < 1.29 is 9.59 Å². The summed E-state index contributed by atoms with van der Waals surface area (Å²) in [5, 5.41) is 5.78. The van der Waals surface area contributed by atoms with Crippen molar-refractivity contribution in [1.29, 1.82) is 0 Å². The molecule has 0 aliphatic rings. The van der Waals surface area contributed by atoms with Crippen LogP contribution in [-0.2, 0) is 4.79 Å². The van der Waals surface area contributed by atoms with Gasteiger partial charge in [-0.25, -0.2) is 0 Å². The number of aryl methyl sites for hydroxylation is 1. The highest BCUT2D eigenvalue weighted by Crippen LogP contribution is 2.23. The van der Waals surface area contributed by atoms with Gasteiger partial charge in [0.1, 0.15) is 0 Å². The number of nitrogens with one attached hydrogen (secondary N) is 2. The Morgan fingerprint density at radius 2 is 1.84 bits per heavy atom. The number of nitrogen functional groups attached to an aromatic ring is 1. The fraction of sp³-hybridized carbons (Fsp3) is 0.240. The Morgan fingerprint density at radius 3 is 2.58 bits per heavy atom. The lowest BCUT2D eigenvalue weighted by Gasteiger charge is -2.10. The molecule has 0 spiro atoms. The van der Waals surface area contributed by atoms with Crippen LogP contribution in [0.25, 0.3) is 11.1 Å². The van der Waals surface area contributed by atoms with Crippen molar-refractivity contribution in [3.8, 4) is 11.1 Å². The number of hydrogen-bond acceptors (Lipinski definition) is 4. The van der Waals surface area contributed by atoms with E-state index in [1.54, 1.807) is 18.3 Å². The van der Waals surface area contributed by atoms with Crippen molar-refractivity contribution in [2.75, 3.05) is 17.6 Å². The molecule has 0 aliphatic heterocycles.